The summed E-state index contributed by atoms with van der Waals surface area (Å²) < 4.78 is 6.86. The number of hydrogen-bond donors (Lipinski definition) is 1. The molecule has 2 heterocycles. The van der Waals surface area contributed by atoms with Gasteiger partial charge in [-0.25, -0.2) is 0 Å². The molecular weight excluding hydrogens is 314 g/mol. The number of nitrogens with one attached hydrogen (secondary N) is 1. The molecule has 3 rings (SSSR count). The number of aryl methyl sites for hydroxylation is 3. The van der Waals surface area contributed by atoms with Crippen molar-refractivity contribution in [1.29, 1.82) is 0 Å². The van der Waals surface area contributed by atoms with Gasteiger partial charge >= 0.3 is 0 Å². The predicted molar refractivity (Wildman–Crippen MR) is 85.5 cm³/mol. The van der Waals surface area contributed by atoms with Crippen LogP contribution in [0.15, 0.2) is 45.2 Å². The molecule has 0 bridgehead atoms. The normalized spacial score (nSPS) is 10.7. The molecule has 0 spiro atoms. The highest BCUT2D eigenvalue weighted by molar-refractivity contribution is 7.99. The SMILES string of the molecule is Cc1noc(C)c1C(=O)Nc1ccccc1Sc1nncn1C. The lowest BCUT2D eigenvalue weighted by molar-refractivity contribution is 0.102. The Bertz CT molecular complexity index is 836. The van der Waals surface area contributed by atoms with Gasteiger partial charge in [0.1, 0.15) is 17.7 Å². The first-order valence-electron chi connectivity index (χ1n) is 6.91. The Morgan fingerprint density at radius 2 is 2.09 bits per heavy atom. The highest BCUT2D eigenvalue weighted by Gasteiger charge is 2.19. The van der Waals surface area contributed by atoms with Gasteiger partial charge in [-0.1, -0.05) is 17.3 Å². The zero-order chi connectivity index (χ0) is 16.4. The van der Waals surface area contributed by atoms with Gasteiger partial charge in [0.25, 0.3) is 5.91 Å². The second-order valence-corrected chi connectivity index (χ2v) is 5.99. The van der Waals surface area contributed by atoms with Gasteiger partial charge in [-0.3, -0.25) is 4.79 Å². The van der Waals surface area contributed by atoms with Crippen LogP contribution in [0.1, 0.15) is 21.8 Å². The van der Waals surface area contributed by atoms with Crippen LogP contribution in [0.4, 0.5) is 5.69 Å². The zero-order valence-electron chi connectivity index (χ0n) is 12.9. The zero-order valence-corrected chi connectivity index (χ0v) is 13.7. The van der Waals surface area contributed by atoms with E-state index in [1.54, 1.807) is 20.2 Å². The van der Waals surface area contributed by atoms with Crippen molar-refractivity contribution in [3.05, 3.63) is 47.6 Å². The predicted octanol–water partition coefficient (Wildman–Crippen LogP) is 2.82. The molecule has 0 aliphatic heterocycles. The number of carbonyl (C=O) groups is 1. The number of hydrogen-bond acceptors (Lipinski definition) is 6. The van der Waals surface area contributed by atoms with Crippen molar-refractivity contribution >= 4 is 23.4 Å². The Kier molecular flexibility index (Phi) is 4.16. The van der Waals surface area contributed by atoms with E-state index < -0.39 is 0 Å². The Balaban J connectivity index is 1.86. The Morgan fingerprint density at radius 3 is 2.74 bits per heavy atom. The van der Waals surface area contributed by atoms with Gasteiger partial charge in [-0.15, -0.1) is 10.2 Å². The largest absolute Gasteiger partial charge is 0.361 e. The summed E-state index contributed by atoms with van der Waals surface area (Å²) in [6.07, 6.45) is 1.63. The minimum Gasteiger partial charge on any atom is -0.361 e. The van der Waals surface area contributed by atoms with Crippen LogP contribution in [-0.4, -0.2) is 25.8 Å². The summed E-state index contributed by atoms with van der Waals surface area (Å²) in [7, 11) is 1.87. The van der Waals surface area contributed by atoms with E-state index in [2.05, 4.69) is 20.7 Å². The lowest BCUT2D eigenvalue weighted by Gasteiger charge is -2.10. The molecule has 23 heavy (non-hydrogen) atoms. The van der Waals surface area contributed by atoms with Crippen molar-refractivity contribution in [2.45, 2.75) is 23.9 Å². The molecule has 0 radical (unpaired) electrons. The molecule has 1 aromatic carbocycles. The molecule has 0 fully saturated rings. The fourth-order valence-corrected chi connectivity index (χ4v) is 2.97. The highest BCUT2D eigenvalue weighted by atomic mass is 32.2. The molecule has 0 unspecified atom stereocenters. The standard InChI is InChI=1S/C15H15N5O2S/c1-9-13(10(2)22-19-9)14(21)17-11-6-4-5-7-12(11)23-15-18-16-8-20(15)3/h4-8H,1-3H3,(H,17,21). The van der Waals surface area contributed by atoms with Crippen molar-refractivity contribution in [2.24, 2.45) is 7.05 Å². The van der Waals surface area contributed by atoms with E-state index >= 15 is 0 Å². The van der Waals surface area contributed by atoms with Crippen molar-refractivity contribution in [1.82, 2.24) is 19.9 Å². The van der Waals surface area contributed by atoms with Gasteiger partial charge < -0.3 is 14.4 Å². The van der Waals surface area contributed by atoms with Crippen LogP contribution < -0.4 is 5.32 Å². The van der Waals surface area contributed by atoms with Crippen molar-refractivity contribution < 1.29 is 9.32 Å². The van der Waals surface area contributed by atoms with Crippen molar-refractivity contribution in [2.75, 3.05) is 5.32 Å². The number of carbonyl (C=O) groups excluding carboxylic acids is 1. The van der Waals surface area contributed by atoms with E-state index in [4.69, 9.17) is 4.52 Å². The number of anilines is 1. The summed E-state index contributed by atoms with van der Waals surface area (Å²) in [5.74, 6) is 0.255. The summed E-state index contributed by atoms with van der Waals surface area (Å²) >= 11 is 1.43. The van der Waals surface area contributed by atoms with Crippen molar-refractivity contribution in [3.8, 4) is 0 Å². The molecule has 2 aromatic heterocycles. The molecule has 0 aliphatic carbocycles. The number of rotatable bonds is 4. The Labute approximate surface area is 137 Å². The average Bonchev–Trinajstić information content (AvgIpc) is 3.07. The van der Waals surface area contributed by atoms with E-state index in [1.165, 1.54) is 11.8 Å². The van der Waals surface area contributed by atoms with E-state index in [1.807, 2.05) is 35.9 Å². The lowest BCUT2D eigenvalue weighted by Crippen LogP contribution is -2.14. The third-order valence-corrected chi connectivity index (χ3v) is 4.39. The van der Waals surface area contributed by atoms with Crippen molar-refractivity contribution in [3.63, 3.8) is 0 Å². The van der Waals surface area contributed by atoms with Gasteiger partial charge in [0.15, 0.2) is 5.16 Å². The topological polar surface area (TPSA) is 85.8 Å². The van der Waals surface area contributed by atoms with Gasteiger partial charge in [0.2, 0.25) is 0 Å². The number of benzene rings is 1. The number of para-hydroxylation sites is 1. The average molecular weight is 329 g/mol. The molecule has 0 atom stereocenters. The quantitative estimate of drug-likeness (QED) is 0.792. The third-order valence-electron chi connectivity index (χ3n) is 3.27. The van der Waals surface area contributed by atoms with Crippen LogP contribution in [0, 0.1) is 13.8 Å². The Morgan fingerprint density at radius 1 is 1.30 bits per heavy atom. The van der Waals surface area contributed by atoms with Gasteiger partial charge in [-0.2, -0.15) is 0 Å². The van der Waals surface area contributed by atoms with Gasteiger partial charge in [0.05, 0.1) is 11.4 Å². The first-order chi connectivity index (χ1) is 11.1. The summed E-state index contributed by atoms with van der Waals surface area (Å²) in [4.78, 5) is 13.4. The fourth-order valence-electron chi connectivity index (χ4n) is 2.11. The maximum Gasteiger partial charge on any atom is 0.261 e. The van der Waals surface area contributed by atoms with E-state index in [0.717, 1.165) is 10.1 Å². The molecule has 7 nitrogen and oxygen atoms in total. The van der Waals surface area contributed by atoms with E-state index in [9.17, 15) is 4.79 Å². The summed E-state index contributed by atoms with van der Waals surface area (Å²) in [6.45, 7) is 3.46. The van der Waals surface area contributed by atoms with E-state index in [-0.39, 0.29) is 5.91 Å². The molecule has 118 valence electrons. The second-order valence-electron chi connectivity index (χ2n) is 4.98. The lowest BCUT2D eigenvalue weighted by atomic mass is 10.2. The first-order valence-corrected chi connectivity index (χ1v) is 7.73. The van der Waals surface area contributed by atoms with Crippen LogP contribution in [-0.2, 0) is 7.05 Å². The molecule has 8 heteroatoms. The second kappa shape index (κ2) is 6.25. The fraction of sp³-hybridized carbons (Fsp3) is 0.200. The summed E-state index contributed by atoms with van der Waals surface area (Å²) in [5.41, 5.74) is 1.73. The molecular formula is C15H15N5O2S. The highest BCUT2D eigenvalue weighted by Crippen LogP contribution is 2.32. The molecule has 0 aliphatic rings. The number of nitrogens with zero attached hydrogens (tertiary/aromatic N) is 4. The summed E-state index contributed by atoms with van der Waals surface area (Å²) in [6, 6.07) is 7.53. The van der Waals surface area contributed by atoms with Gasteiger partial charge in [-0.05, 0) is 37.7 Å². The number of amides is 1. The Hall–Kier alpha value is -2.61. The van der Waals surface area contributed by atoms with Crippen LogP contribution in [0.25, 0.3) is 0 Å². The maximum absolute atomic E-state index is 12.5. The summed E-state index contributed by atoms with van der Waals surface area (Å²) in [5, 5.41) is 15.4. The monoisotopic (exact) mass is 329 g/mol. The molecule has 0 saturated carbocycles. The first kappa shape index (κ1) is 15.3. The molecule has 1 amide bonds. The molecule has 1 N–H and O–H groups in total. The minimum atomic E-state index is -0.243. The van der Waals surface area contributed by atoms with Crippen LogP contribution in [0.3, 0.4) is 0 Å². The van der Waals surface area contributed by atoms with Crippen LogP contribution in [0.2, 0.25) is 0 Å². The van der Waals surface area contributed by atoms with Gasteiger partial charge in [0, 0.05) is 11.9 Å². The van der Waals surface area contributed by atoms with Crippen LogP contribution >= 0.6 is 11.8 Å². The maximum atomic E-state index is 12.5. The molecule has 3 aromatic rings. The smallest absolute Gasteiger partial charge is 0.261 e. The third kappa shape index (κ3) is 3.11. The number of aromatic nitrogens is 4. The van der Waals surface area contributed by atoms with Crippen LogP contribution in [0.5, 0.6) is 0 Å². The molecule has 0 saturated heterocycles. The minimum absolute atomic E-state index is 0.243. The van der Waals surface area contributed by atoms with E-state index in [0.29, 0.717) is 22.7 Å².